The molecule has 34 heavy (non-hydrogen) atoms. The molecule has 174 valence electrons. The highest BCUT2D eigenvalue weighted by atomic mass is 35.5. The maximum atomic E-state index is 12.6. The van der Waals surface area contributed by atoms with Crippen molar-refractivity contribution in [3.05, 3.63) is 58.9 Å². The number of benzene rings is 2. The lowest BCUT2D eigenvalue weighted by molar-refractivity contribution is -0.131. The van der Waals surface area contributed by atoms with Gasteiger partial charge in [-0.05, 0) is 48.7 Å². The summed E-state index contributed by atoms with van der Waals surface area (Å²) in [6.45, 7) is 2.23. The lowest BCUT2D eigenvalue weighted by Crippen LogP contribution is -2.32. The molecule has 0 spiro atoms. The molecule has 3 heterocycles. The summed E-state index contributed by atoms with van der Waals surface area (Å²) in [5.74, 6) is 1.03. The van der Waals surface area contributed by atoms with Crippen LogP contribution in [0.15, 0.2) is 47.0 Å². The standard InChI is InChI=1S/C25H25ClN6O2/c26-20-8-4-3-7-18(20)10-12-23-27-25(29-34-23)19-9-11-22-21(17-19)28-30-32(22)16-13-24(33)31-14-5-1-2-6-15-31/h3-4,7-12,17H,1-2,5-6,13-16H2. The van der Waals surface area contributed by atoms with Gasteiger partial charge in [-0.3, -0.25) is 4.79 Å². The average molecular weight is 477 g/mol. The zero-order chi connectivity index (χ0) is 23.3. The number of amides is 1. The number of aromatic nitrogens is 5. The van der Waals surface area contributed by atoms with Gasteiger partial charge in [0, 0.05) is 36.2 Å². The third kappa shape index (κ3) is 5.02. The summed E-state index contributed by atoms with van der Waals surface area (Å²) < 4.78 is 7.14. The Kier molecular flexibility index (Phi) is 6.67. The molecular formula is C25H25ClN6O2. The zero-order valence-electron chi connectivity index (χ0n) is 18.7. The van der Waals surface area contributed by atoms with Crippen molar-refractivity contribution in [2.24, 2.45) is 0 Å². The Labute approximate surface area is 202 Å². The summed E-state index contributed by atoms with van der Waals surface area (Å²) in [6, 6.07) is 13.2. The fraction of sp³-hybridized carbons (Fsp3) is 0.320. The Bertz CT molecular complexity index is 1320. The number of nitrogens with zero attached hydrogens (tertiary/aromatic N) is 6. The molecule has 2 aromatic heterocycles. The second kappa shape index (κ2) is 10.2. The maximum Gasteiger partial charge on any atom is 0.250 e. The quantitative estimate of drug-likeness (QED) is 0.384. The van der Waals surface area contributed by atoms with E-state index in [1.54, 1.807) is 10.8 Å². The molecule has 8 nitrogen and oxygen atoms in total. The molecule has 0 bridgehead atoms. The first-order valence-electron chi connectivity index (χ1n) is 11.5. The number of halogens is 1. The minimum Gasteiger partial charge on any atom is -0.343 e. The van der Waals surface area contributed by atoms with Crippen LogP contribution in [0.3, 0.4) is 0 Å². The minimum absolute atomic E-state index is 0.186. The Morgan fingerprint density at radius 3 is 2.71 bits per heavy atom. The van der Waals surface area contributed by atoms with E-state index in [0.29, 0.717) is 29.7 Å². The first-order valence-corrected chi connectivity index (χ1v) is 11.9. The Morgan fingerprint density at radius 2 is 1.88 bits per heavy atom. The normalized spacial score (nSPS) is 14.7. The topological polar surface area (TPSA) is 89.9 Å². The second-order valence-electron chi connectivity index (χ2n) is 8.37. The molecule has 0 saturated carbocycles. The first kappa shape index (κ1) is 22.3. The maximum absolute atomic E-state index is 12.6. The number of fused-ring (bicyclic) bond motifs is 1. The van der Waals surface area contributed by atoms with Crippen molar-refractivity contribution in [3.63, 3.8) is 0 Å². The molecular weight excluding hydrogens is 452 g/mol. The van der Waals surface area contributed by atoms with E-state index < -0.39 is 0 Å². The largest absolute Gasteiger partial charge is 0.343 e. The minimum atomic E-state index is 0.186. The van der Waals surface area contributed by atoms with Crippen LogP contribution in [0.2, 0.25) is 5.02 Å². The van der Waals surface area contributed by atoms with Gasteiger partial charge in [0.25, 0.3) is 5.89 Å². The van der Waals surface area contributed by atoms with Crippen molar-refractivity contribution in [2.45, 2.75) is 38.6 Å². The van der Waals surface area contributed by atoms with Gasteiger partial charge < -0.3 is 9.42 Å². The van der Waals surface area contributed by atoms with Gasteiger partial charge in [0.2, 0.25) is 11.7 Å². The first-order chi connectivity index (χ1) is 16.7. The summed E-state index contributed by atoms with van der Waals surface area (Å²) >= 11 is 6.18. The molecule has 1 saturated heterocycles. The fourth-order valence-electron chi connectivity index (χ4n) is 4.15. The van der Waals surface area contributed by atoms with E-state index in [2.05, 4.69) is 20.5 Å². The van der Waals surface area contributed by atoms with Crippen molar-refractivity contribution in [3.8, 4) is 11.4 Å². The van der Waals surface area contributed by atoms with Crippen molar-refractivity contribution in [1.29, 1.82) is 0 Å². The van der Waals surface area contributed by atoms with E-state index in [4.69, 9.17) is 16.1 Å². The van der Waals surface area contributed by atoms with Gasteiger partial charge >= 0.3 is 0 Å². The molecule has 0 unspecified atom stereocenters. The lowest BCUT2D eigenvalue weighted by Gasteiger charge is -2.20. The smallest absolute Gasteiger partial charge is 0.250 e. The molecule has 4 aromatic rings. The van der Waals surface area contributed by atoms with Crippen LogP contribution in [0.5, 0.6) is 0 Å². The second-order valence-corrected chi connectivity index (χ2v) is 8.78. The van der Waals surface area contributed by atoms with Crippen molar-refractivity contribution in [1.82, 2.24) is 30.0 Å². The van der Waals surface area contributed by atoms with Gasteiger partial charge in [-0.2, -0.15) is 4.98 Å². The number of likely N-dealkylation sites (tertiary alicyclic amines) is 1. The SMILES string of the molecule is O=C(CCn1nnc2cc(-c3noc(C=Cc4ccccc4Cl)n3)ccc21)N1CCCCCC1. The predicted octanol–water partition coefficient (Wildman–Crippen LogP) is 5.10. The van der Waals surface area contributed by atoms with E-state index in [-0.39, 0.29) is 5.91 Å². The lowest BCUT2D eigenvalue weighted by atomic mass is 10.2. The molecule has 1 aliphatic rings. The third-order valence-corrected chi connectivity index (χ3v) is 6.36. The number of carbonyl (C=O) groups is 1. The summed E-state index contributed by atoms with van der Waals surface area (Å²) in [5, 5.41) is 13.3. The summed E-state index contributed by atoms with van der Waals surface area (Å²) in [5.41, 5.74) is 3.24. The number of hydrogen-bond acceptors (Lipinski definition) is 6. The number of hydrogen-bond donors (Lipinski definition) is 0. The van der Waals surface area contributed by atoms with E-state index in [1.807, 2.05) is 53.4 Å². The van der Waals surface area contributed by atoms with Gasteiger partial charge in [0.15, 0.2) is 0 Å². The van der Waals surface area contributed by atoms with Gasteiger partial charge in [-0.25, -0.2) is 4.68 Å². The molecule has 0 aliphatic carbocycles. The molecule has 1 amide bonds. The Morgan fingerprint density at radius 1 is 1.06 bits per heavy atom. The highest BCUT2D eigenvalue weighted by molar-refractivity contribution is 6.32. The summed E-state index contributed by atoms with van der Waals surface area (Å²) in [7, 11) is 0. The highest BCUT2D eigenvalue weighted by Gasteiger charge is 2.16. The predicted molar refractivity (Wildman–Crippen MR) is 131 cm³/mol. The molecule has 1 fully saturated rings. The van der Waals surface area contributed by atoms with E-state index in [0.717, 1.165) is 48.1 Å². The van der Waals surface area contributed by atoms with Gasteiger partial charge in [0.1, 0.15) is 5.52 Å². The van der Waals surface area contributed by atoms with Crippen LogP contribution in [0.1, 0.15) is 43.6 Å². The fourth-order valence-corrected chi connectivity index (χ4v) is 4.35. The van der Waals surface area contributed by atoms with E-state index in [9.17, 15) is 4.79 Å². The molecule has 0 N–H and O–H groups in total. The van der Waals surface area contributed by atoms with Crippen LogP contribution in [-0.2, 0) is 11.3 Å². The molecule has 1 aliphatic heterocycles. The monoisotopic (exact) mass is 476 g/mol. The molecule has 9 heteroatoms. The van der Waals surface area contributed by atoms with Crippen LogP contribution in [-0.4, -0.2) is 49.0 Å². The van der Waals surface area contributed by atoms with E-state index >= 15 is 0 Å². The average Bonchev–Trinajstić information content (AvgIpc) is 3.40. The van der Waals surface area contributed by atoms with Crippen LogP contribution in [0.25, 0.3) is 34.6 Å². The van der Waals surface area contributed by atoms with Gasteiger partial charge in [-0.1, -0.05) is 53.0 Å². The number of carbonyl (C=O) groups excluding carboxylic acids is 1. The molecule has 2 aromatic carbocycles. The Balaban J connectivity index is 1.26. The Hall–Kier alpha value is -3.52. The zero-order valence-corrected chi connectivity index (χ0v) is 19.5. The number of rotatable bonds is 6. The molecule has 0 atom stereocenters. The van der Waals surface area contributed by atoms with Crippen molar-refractivity contribution >= 4 is 40.7 Å². The van der Waals surface area contributed by atoms with Gasteiger partial charge in [-0.15, -0.1) is 5.10 Å². The van der Waals surface area contributed by atoms with Crippen LogP contribution in [0, 0.1) is 0 Å². The van der Waals surface area contributed by atoms with Gasteiger partial charge in [0.05, 0.1) is 12.1 Å². The number of aryl methyl sites for hydroxylation is 1. The summed E-state index contributed by atoms with van der Waals surface area (Å²) in [4.78, 5) is 19.0. The molecule has 5 rings (SSSR count). The molecule has 0 radical (unpaired) electrons. The summed E-state index contributed by atoms with van der Waals surface area (Å²) in [6.07, 6.45) is 8.59. The van der Waals surface area contributed by atoms with Crippen molar-refractivity contribution < 1.29 is 9.32 Å². The highest BCUT2D eigenvalue weighted by Crippen LogP contribution is 2.23. The van der Waals surface area contributed by atoms with Crippen LogP contribution in [0.4, 0.5) is 0 Å². The third-order valence-electron chi connectivity index (χ3n) is 6.02. The van der Waals surface area contributed by atoms with Crippen LogP contribution < -0.4 is 0 Å². The van der Waals surface area contributed by atoms with E-state index in [1.165, 1.54) is 12.8 Å². The van der Waals surface area contributed by atoms with Crippen LogP contribution >= 0.6 is 11.6 Å². The van der Waals surface area contributed by atoms with Crippen molar-refractivity contribution in [2.75, 3.05) is 13.1 Å².